The Kier molecular flexibility index (Phi) is 5.91. The van der Waals surface area contributed by atoms with Gasteiger partial charge in [0.1, 0.15) is 6.61 Å². The minimum atomic E-state index is -4.26. The Labute approximate surface area is 124 Å². The normalized spacial score (nSPS) is 27.7. The van der Waals surface area contributed by atoms with Gasteiger partial charge in [0.25, 0.3) is 0 Å². The van der Waals surface area contributed by atoms with Crippen LogP contribution in [0.15, 0.2) is 0 Å². The van der Waals surface area contributed by atoms with Crippen LogP contribution in [0, 0.1) is 5.92 Å². The summed E-state index contributed by atoms with van der Waals surface area (Å²) < 4.78 is 46.7. The molecule has 124 valence electrons. The first kappa shape index (κ1) is 17.0. The molecule has 2 atom stereocenters. The maximum Gasteiger partial charge on any atom is 0.411 e. The summed E-state index contributed by atoms with van der Waals surface area (Å²) in [7, 11) is 0. The van der Waals surface area contributed by atoms with E-state index in [9.17, 15) is 13.2 Å². The molecule has 1 aliphatic carbocycles. The van der Waals surface area contributed by atoms with Crippen molar-refractivity contribution in [3.63, 3.8) is 0 Å². The molecule has 1 saturated carbocycles. The van der Waals surface area contributed by atoms with Gasteiger partial charge in [-0.15, -0.1) is 0 Å². The molecular formula is C15H26F3NO2. The molecule has 21 heavy (non-hydrogen) atoms. The van der Waals surface area contributed by atoms with Gasteiger partial charge in [-0.2, -0.15) is 13.2 Å². The van der Waals surface area contributed by atoms with Crippen LogP contribution in [0.25, 0.3) is 0 Å². The fourth-order valence-corrected chi connectivity index (χ4v) is 3.62. The van der Waals surface area contributed by atoms with E-state index in [1.54, 1.807) is 0 Å². The van der Waals surface area contributed by atoms with E-state index in [1.807, 2.05) is 0 Å². The van der Waals surface area contributed by atoms with E-state index >= 15 is 0 Å². The fraction of sp³-hybridized carbons (Fsp3) is 1.00. The smallest absolute Gasteiger partial charge is 0.375 e. The Morgan fingerprint density at radius 3 is 2.62 bits per heavy atom. The third-order valence-corrected chi connectivity index (χ3v) is 4.76. The topological polar surface area (TPSA) is 44.5 Å². The zero-order valence-electron chi connectivity index (χ0n) is 12.5. The molecule has 1 spiro atoms. The van der Waals surface area contributed by atoms with Gasteiger partial charge in [0.15, 0.2) is 0 Å². The van der Waals surface area contributed by atoms with Gasteiger partial charge < -0.3 is 15.2 Å². The van der Waals surface area contributed by atoms with Crippen molar-refractivity contribution in [2.24, 2.45) is 11.7 Å². The third-order valence-electron chi connectivity index (χ3n) is 4.76. The lowest BCUT2D eigenvalue weighted by Crippen LogP contribution is -2.46. The SMILES string of the molecule is NC(CCOCC(F)(F)F)C1CCOC2(CCCCC2)C1. The van der Waals surface area contributed by atoms with E-state index in [-0.39, 0.29) is 18.2 Å². The molecule has 0 aromatic carbocycles. The van der Waals surface area contributed by atoms with Crippen molar-refractivity contribution < 1.29 is 22.6 Å². The summed E-state index contributed by atoms with van der Waals surface area (Å²) in [5, 5.41) is 0. The van der Waals surface area contributed by atoms with Gasteiger partial charge in [-0.05, 0) is 38.0 Å². The molecule has 2 aliphatic rings. The van der Waals surface area contributed by atoms with E-state index in [0.717, 1.165) is 32.3 Å². The average Bonchev–Trinajstić information content (AvgIpc) is 2.43. The molecular weight excluding hydrogens is 283 g/mol. The number of alkyl halides is 3. The molecule has 6 heteroatoms. The second kappa shape index (κ2) is 7.29. The van der Waals surface area contributed by atoms with E-state index in [1.165, 1.54) is 19.3 Å². The van der Waals surface area contributed by atoms with Gasteiger partial charge >= 0.3 is 6.18 Å². The summed E-state index contributed by atoms with van der Waals surface area (Å²) in [6.45, 7) is -0.385. The maximum absolute atomic E-state index is 12.0. The van der Waals surface area contributed by atoms with Gasteiger partial charge in [0.2, 0.25) is 0 Å². The zero-order chi connectivity index (χ0) is 15.3. The number of nitrogens with two attached hydrogens (primary N) is 1. The molecule has 1 aliphatic heterocycles. The van der Waals surface area contributed by atoms with E-state index in [0.29, 0.717) is 12.3 Å². The van der Waals surface area contributed by atoms with E-state index in [4.69, 9.17) is 10.5 Å². The van der Waals surface area contributed by atoms with Crippen LogP contribution in [-0.4, -0.2) is 37.6 Å². The third kappa shape index (κ3) is 5.42. The number of hydrogen-bond donors (Lipinski definition) is 1. The van der Waals surface area contributed by atoms with Crippen molar-refractivity contribution in [1.29, 1.82) is 0 Å². The first-order chi connectivity index (χ1) is 9.90. The van der Waals surface area contributed by atoms with Crippen LogP contribution in [0.2, 0.25) is 0 Å². The Morgan fingerprint density at radius 1 is 1.24 bits per heavy atom. The Bertz CT molecular complexity index is 311. The van der Waals surface area contributed by atoms with Crippen molar-refractivity contribution in [1.82, 2.24) is 0 Å². The van der Waals surface area contributed by atoms with Crippen LogP contribution >= 0.6 is 0 Å². The molecule has 2 rings (SSSR count). The van der Waals surface area contributed by atoms with Crippen molar-refractivity contribution in [3.05, 3.63) is 0 Å². The van der Waals surface area contributed by atoms with Gasteiger partial charge in [0, 0.05) is 19.3 Å². The average molecular weight is 309 g/mol. The molecule has 0 bridgehead atoms. The van der Waals surface area contributed by atoms with E-state index < -0.39 is 12.8 Å². The minimum Gasteiger partial charge on any atom is -0.375 e. The summed E-state index contributed by atoms with van der Waals surface area (Å²) in [5.74, 6) is 0.339. The quantitative estimate of drug-likeness (QED) is 0.792. The second-order valence-electron chi connectivity index (χ2n) is 6.47. The molecule has 0 radical (unpaired) electrons. The number of hydrogen-bond acceptors (Lipinski definition) is 3. The van der Waals surface area contributed by atoms with Gasteiger partial charge in [-0.3, -0.25) is 0 Å². The van der Waals surface area contributed by atoms with Crippen molar-refractivity contribution in [3.8, 4) is 0 Å². The molecule has 0 aromatic heterocycles. The number of rotatable bonds is 5. The highest BCUT2D eigenvalue weighted by Gasteiger charge is 2.40. The van der Waals surface area contributed by atoms with Crippen molar-refractivity contribution in [2.45, 2.75) is 69.2 Å². The highest BCUT2D eigenvalue weighted by Crippen LogP contribution is 2.41. The zero-order valence-corrected chi connectivity index (χ0v) is 12.5. The molecule has 2 unspecified atom stereocenters. The first-order valence-electron chi connectivity index (χ1n) is 7.94. The van der Waals surface area contributed by atoms with Crippen molar-refractivity contribution >= 4 is 0 Å². The minimum absolute atomic E-state index is 0.00832. The van der Waals surface area contributed by atoms with Crippen LogP contribution < -0.4 is 5.73 Å². The summed E-state index contributed by atoms with van der Waals surface area (Å²) in [5.41, 5.74) is 6.16. The summed E-state index contributed by atoms with van der Waals surface area (Å²) >= 11 is 0. The monoisotopic (exact) mass is 309 g/mol. The number of halogens is 3. The Hall–Kier alpha value is -0.330. The predicted molar refractivity (Wildman–Crippen MR) is 74.0 cm³/mol. The Balaban J connectivity index is 1.73. The highest BCUT2D eigenvalue weighted by molar-refractivity contribution is 4.92. The van der Waals surface area contributed by atoms with Crippen LogP contribution in [0.1, 0.15) is 51.4 Å². The summed E-state index contributed by atoms with van der Waals surface area (Å²) in [4.78, 5) is 0. The first-order valence-corrected chi connectivity index (χ1v) is 7.94. The lowest BCUT2D eigenvalue weighted by molar-refractivity contribution is -0.174. The highest BCUT2D eigenvalue weighted by atomic mass is 19.4. The summed E-state index contributed by atoms with van der Waals surface area (Å²) in [6.07, 6.45) is 3.96. The molecule has 1 saturated heterocycles. The van der Waals surface area contributed by atoms with Gasteiger partial charge in [-0.25, -0.2) is 0 Å². The maximum atomic E-state index is 12.0. The molecule has 0 amide bonds. The lowest BCUT2D eigenvalue weighted by atomic mass is 9.74. The molecule has 3 nitrogen and oxygen atoms in total. The predicted octanol–water partition coefficient (Wildman–Crippen LogP) is 3.41. The van der Waals surface area contributed by atoms with Gasteiger partial charge in [-0.1, -0.05) is 19.3 Å². The lowest BCUT2D eigenvalue weighted by Gasteiger charge is -2.45. The van der Waals surface area contributed by atoms with Crippen LogP contribution in [-0.2, 0) is 9.47 Å². The van der Waals surface area contributed by atoms with Crippen LogP contribution in [0.5, 0.6) is 0 Å². The standard InChI is InChI=1S/C15H26F3NO2/c16-15(17,18)11-20-8-5-13(19)12-4-9-21-14(10-12)6-2-1-3-7-14/h12-13H,1-11,19H2. The molecule has 1 heterocycles. The molecule has 2 fully saturated rings. The Morgan fingerprint density at radius 2 is 1.95 bits per heavy atom. The molecule has 0 aromatic rings. The van der Waals surface area contributed by atoms with Gasteiger partial charge in [0.05, 0.1) is 5.60 Å². The van der Waals surface area contributed by atoms with E-state index in [2.05, 4.69) is 4.74 Å². The number of ether oxygens (including phenoxy) is 2. The van der Waals surface area contributed by atoms with Crippen LogP contribution in [0.3, 0.4) is 0 Å². The largest absolute Gasteiger partial charge is 0.411 e. The van der Waals surface area contributed by atoms with Crippen molar-refractivity contribution in [2.75, 3.05) is 19.8 Å². The second-order valence-corrected chi connectivity index (χ2v) is 6.47. The fourth-order valence-electron chi connectivity index (χ4n) is 3.62. The molecule has 2 N–H and O–H groups in total. The van der Waals surface area contributed by atoms with Crippen LogP contribution in [0.4, 0.5) is 13.2 Å². The summed E-state index contributed by atoms with van der Waals surface area (Å²) in [6, 6.07) is -0.0964.